The Morgan fingerprint density at radius 1 is 1.33 bits per heavy atom. The summed E-state index contributed by atoms with van der Waals surface area (Å²) in [5.74, 6) is 4.13. The molecule has 1 saturated carbocycles. The summed E-state index contributed by atoms with van der Waals surface area (Å²) in [6.45, 7) is 0. The SMILES string of the molecule is COc1cncc(C(NN)C2CCCCC2C(F)(F)F)c1. The highest BCUT2D eigenvalue weighted by atomic mass is 19.4. The number of methoxy groups -OCH3 is 1. The third-order valence-electron chi connectivity index (χ3n) is 4.18. The number of rotatable bonds is 4. The van der Waals surface area contributed by atoms with Crippen LogP contribution in [0.3, 0.4) is 0 Å². The molecule has 1 aliphatic rings. The molecule has 3 unspecified atom stereocenters. The van der Waals surface area contributed by atoms with Gasteiger partial charge in [-0.3, -0.25) is 16.3 Å². The minimum Gasteiger partial charge on any atom is -0.495 e. The van der Waals surface area contributed by atoms with Crippen LogP contribution in [-0.2, 0) is 0 Å². The van der Waals surface area contributed by atoms with Crippen molar-refractivity contribution >= 4 is 0 Å². The van der Waals surface area contributed by atoms with Crippen LogP contribution in [0, 0.1) is 11.8 Å². The first-order chi connectivity index (χ1) is 9.97. The van der Waals surface area contributed by atoms with Gasteiger partial charge in [0.15, 0.2) is 0 Å². The highest BCUT2D eigenvalue weighted by molar-refractivity contribution is 5.26. The molecule has 21 heavy (non-hydrogen) atoms. The zero-order valence-electron chi connectivity index (χ0n) is 11.9. The summed E-state index contributed by atoms with van der Waals surface area (Å²) in [4.78, 5) is 4.00. The van der Waals surface area contributed by atoms with Crippen LogP contribution >= 0.6 is 0 Å². The van der Waals surface area contributed by atoms with Gasteiger partial charge in [0, 0.05) is 6.20 Å². The Hall–Kier alpha value is -1.34. The van der Waals surface area contributed by atoms with E-state index in [9.17, 15) is 13.2 Å². The summed E-state index contributed by atoms with van der Waals surface area (Å²) in [5, 5.41) is 0. The average molecular weight is 303 g/mol. The second-order valence-electron chi connectivity index (χ2n) is 5.40. The van der Waals surface area contributed by atoms with Gasteiger partial charge in [0.05, 0.1) is 25.3 Å². The van der Waals surface area contributed by atoms with E-state index in [1.807, 2.05) is 0 Å². The molecule has 0 bridgehead atoms. The van der Waals surface area contributed by atoms with Crippen LogP contribution in [0.15, 0.2) is 18.5 Å². The minimum atomic E-state index is -4.20. The van der Waals surface area contributed by atoms with Crippen molar-refractivity contribution in [2.45, 2.75) is 37.9 Å². The Bertz CT molecular complexity index is 467. The summed E-state index contributed by atoms with van der Waals surface area (Å²) >= 11 is 0. The van der Waals surface area contributed by atoms with Crippen LogP contribution in [0.5, 0.6) is 5.75 Å². The van der Waals surface area contributed by atoms with E-state index in [2.05, 4.69) is 10.4 Å². The van der Waals surface area contributed by atoms with Crippen molar-refractivity contribution in [3.63, 3.8) is 0 Å². The van der Waals surface area contributed by atoms with Crippen LogP contribution in [0.1, 0.15) is 37.3 Å². The Labute approximate surface area is 121 Å². The van der Waals surface area contributed by atoms with Crippen molar-refractivity contribution in [1.82, 2.24) is 10.4 Å². The van der Waals surface area contributed by atoms with Crippen molar-refractivity contribution in [2.75, 3.05) is 7.11 Å². The van der Waals surface area contributed by atoms with Gasteiger partial charge in [-0.25, -0.2) is 0 Å². The topological polar surface area (TPSA) is 60.2 Å². The van der Waals surface area contributed by atoms with Gasteiger partial charge < -0.3 is 4.74 Å². The number of halogens is 3. The van der Waals surface area contributed by atoms with Crippen LogP contribution in [-0.4, -0.2) is 18.3 Å². The first-order valence-corrected chi connectivity index (χ1v) is 6.99. The second-order valence-corrected chi connectivity index (χ2v) is 5.40. The lowest BCUT2D eigenvalue weighted by atomic mass is 9.73. The highest BCUT2D eigenvalue weighted by Crippen LogP contribution is 2.46. The molecule has 0 aromatic carbocycles. The summed E-state index contributed by atoms with van der Waals surface area (Å²) in [6.07, 6.45) is 0.891. The molecule has 0 spiro atoms. The van der Waals surface area contributed by atoms with E-state index < -0.39 is 24.1 Å². The van der Waals surface area contributed by atoms with Gasteiger partial charge in [-0.05, 0) is 30.4 Å². The molecular weight excluding hydrogens is 283 g/mol. The summed E-state index contributed by atoms with van der Waals surface area (Å²) in [5.41, 5.74) is 3.17. The third-order valence-corrected chi connectivity index (χ3v) is 4.18. The molecule has 1 aromatic rings. The zero-order valence-corrected chi connectivity index (χ0v) is 11.9. The van der Waals surface area contributed by atoms with Crippen molar-refractivity contribution in [3.05, 3.63) is 24.0 Å². The van der Waals surface area contributed by atoms with Gasteiger partial charge in [0.25, 0.3) is 0 Å². The van der Waals surface area contributed by atoms with E-state index in [1.165, 1.54) is 19.5 Å². The maximum absolute atomic E-state index is 13.2. The van der Waals surface area contributed by atoms with Crippen molar-refractivity contribution in [3.8, 4) is 5.75 Å². The molecule has 118 valence electrons. The fourth-order valence-corrected chi connectivity index (χ4v) is 3.15. The van der Waals surface area contributed by atoms with Gasteiger partial charge in [-0.2, -0.15) is 13.2 Å². The number of nitrogens with two attached hydrogens (primary N) is 1. The van der Waals surface area contributed by atoms with Crippen molar-refractivity contribution in [2.24, 2.45) is 17.7 Å². The fourth-order valence-electron chi connectivity index (χ4n) is 3.15. The number of pyridine rings is 1. The molecule has 1 aliphatic carbocycles. The number of hydrazine groups is 1. The number of alkyl halides is 3. The predicted molar refractivity (Wildman–Crippen MR) is 72.4 cm³/mol. The third kappa shape index (κ3) is 3.65. The lowest BCUT2D eigenvalue weighted by molar-refractivity contribution is -0.199. The smallest absolute Gasteiger partial charge is 0.392 e. The quantitative estimate of drug-likeness (QED) is 0.663. The molecule has 1 aromatic heterocycles. The molecule has 7 heteroatoms. The second kappa shape index (κ2) is 6.62. The van der Waals surface area contributed by atoms with Gasteiger partial charge >= 0.3 is 6.18 Å². The molecule has 0 aliphatic heterocycles. The monoisotopic (exact) mass is 303 g/mol. The van der Waals surface area contributed by atoms with Crippen LogP contribution in [0.25, 0.3) is 0 Å². The van der Waals surface area contributed by atoms with Gasteiger partial charge in [-0.15, -0.1) is 0 Å². The van der Waals surface area contributed by atoms with Crippen LogP contribution in [0.4, 0.5) is 13.2 Å². The lowest BCUT2D eigenvalue weighted by Crippen LogP contribution is -2.43. The van der Waals surface area contributed by atoms with Crippen LogP contribution < -0.4 is 16.0 Å². The highest BCUT2D eigenvalue weighted by Gasteiger charge is 2.48. The Morgan fingerprint density at radius 3 is 2.67 bits per heavy atom. The van der Waals surface area contributed by atoms with E-state index >= 15 is 0 Å². The number of nitrogens with zero attached hydrogens (tertiary/aromatic N) is 1. The molecular formula is C14H20F3N3O. The normalized spacial score (nSPS) is 24.6. The van der Waals surface area contributed by atoms with E-state index in [0.717, 1.165) is 6.42 Å². The molecule has 0 saturated heterocycles. The van der Waals surface area contributed by atoms with E-state index in [4.69, 9.17) is 10.6 Å². The van der Waals surface area contributed by atoms with E-state index in [1.54, 1.807) is 6.07 Å². The molecule has 3 atom stereocenters. The largest absolute Gasteiger partial charge is 0.495 e. The Kier molecular flexibility index (Phi) is 5.05. The summed E-state index contributed by atoms with van der Waals surface area (Å²) in [7, 11) is 1.49. The summed E-state index contributed by atoms with van der Waals surface area (Å²) < 4.78 is 44.8. The first kappa shape index (κ1) is 16.0. The lowest BCUT2D eigenvalue weighted by Gasteiger charge is -2.38. The molecule has 2 rings (SSSR count). The van der Waals surface area contributed by atoms with Crippen molar-refractivity contribution < 1.29 is 17.9 Å². The standard InChI is InChI=1S/C14H20F3N3O/c1-21-10-6-9(7-19-8-10)13(20-18)11-4-2-3-5-12(11)14(15,16)17/h6-8,11-13,20H,2-5,18H2,1H3. The maximum Gasteiger partial charge on any atom is 0.392 e. The molecule has 3 N–H and O–H groups in total. The number of nitrogens with one attached hydrogen (secondary N) is 1. The van der Waals surface area contributed by atoms with Gasteiger partial charge in [0.2, 0.25) is 0 Å². The van der Waals surface area contributed by atoms with Gasteiger partial charge in [-0.1, -0.05) is 12.8 Å². The summed E-state index contributed by atoms with van der Waals surface area (Å²) in [6, 6.07) is 1.10. The molecule has 1 fully saturated rings. The van der Waals surface area contributed by atoms with Gasteiger partial charge in [0.1, 0.15) is 5.75 Å². The number of aromatic nitrogens is 1. The van der Waals surface area contributed by atoms with E-state index in [0.29, 0.717) is 24.2 Å². The number of ether oxygens (including phenoxy) is 1. The Balaban J connectivity index is 2.29. The molecule has 4 nitrogen and oxygen atoms in total. The fraction of sp³-hybridized carbons (Fsp3) is 0.643. The number of hydrogen-bond acceptors (Lipinski definition) is 4. The maximum atomic E-state index is 13.2. The van der Waals surface area contributed by atoms with E-state index in [-0.39, 0.29) is 6.42 Å². The first-order valence-electron chi connectivity index (χ1n) is 6.99. The van der Waals surface area contributed by atoms with Crippen LogP contribution in [0.2, 0.25) is 0 Å². The minimum absolute atomic E-state index is 0.156. The molecule has 1 heterocycles. The molecule has 0 amide bonds. The zero-order chi connectivity index (χ0) is 15.5. The number of hydrogen-bond donors (Lipinski definition) is 2. The molecule has 0 radical (unpaired) electrons. The average Bonchev–Trinajstić information content (AvgIpc) is 2.48. The Morgan fingerprint density at radius 2 is 2.05 bits per heavy atom. The van der Waals surface area contributed by atoms with Crippen molar-refractivity contribution in [1.29, 1.82) is 0 Å². The predicted octanol–water partition coefficient (Wildman–Crippen LogP) is 2.96.